The highest BCUT2D eigenvalue weighted by atomic mass is 35.5. The van der Waals surface area contributed by atoms with Crippen LogP contribution in [0, 0.1) is 0 Å². The Morgan fingerprint density at radius 1 is 1.53 bits per heavy atom. The van der Waals surface area contributed by atoms with Crippen LogP contribution in [0.3, 0.4) is 0 Å². The van der Waals surface area contributed by atoms with Gasteiger partial charge in [-0.2, -0.15) is 0 Å². The van der Waals surface area contributed by atoms with Crippen molar-refractivity contribution in [2.24, 2.45) is 17.2 Å². The number of carbonyl (C=O) groups is 1. The third kappa shape index (κ3) is 3.92. The van der Waals surface area contributed by atoms with Crippen LogP contribution in [0.4, 0.5) is 4.79 Å². The van der Waals surface area contributed by atoms with Crippen molar-refractivity contribution in [3.05, 3.63) is 0 Å². The Hall–Kier alpha value is -0.400. The summed E-state index contributed by atoms with van der Waals surface area (Å²) < 4.78 is 0. The van der Waals surface area contributed by atoms with Gasteiger partial charge in [0.05, 0.1) is 18.8 Å². The van der Waals surface area contributed by atoms with Gasteiger partial charge in [-0.05, 0) is 18.0 Å². The lowest BCUT2D eigenvalue weighted by Crippen LogP contribution is -2.59. The number of rotatable bonds is 6. The smallest absolute Gasteiger partial charge is 0.317 e. The lowest BCUT2D eigenvalue weighted by atomic mass is 10.1. The van der Waals surface area contributed by atoms with E-state index in [1.54, 1.807) is 0 Å². The minimum absolute atomic E-state index is 0.105. The number of aliphatic hydroxyl groups is 1. The van der Waals surface area contributed by atoms with E-state index < -0.39 is 23.6 Å². The first-order valence-electron chi connectivity index (χ1n) is 4.79. The number of nitrogens with two attached hydrogens (primary N) is 3. The fourth-order valence-corrected chi connectivity index (χ4v) is 1.57. The number of nitrogens with zero attached hydrogens (tertiary/aromatic N) is 1. The maximum Gasteiger partial charge on any atom is 0.317 e. The molecule has 0 aliphatic heterocycles. The third-order valence-corrected chi connectivity index (χ3v) is 2.48. The van der Waals surface area contributed by atoms with E-state index in [4.69, 9.17) is 33.9 Å². The molecule has 3 atom stereocenters. The summed E-state index contributed by atoms with van der Waals surface area (Å²) in [7, 11) is 0. The lowest BCUT2D eigenvalue weighted by molar-refractivity contribution is 0.130. The summed E-state index contributed by atoms with van der Waals surface area (Å²) in [6.07, 6.45) is -0.00577. The molecule has 0 aliphatic rings. The van der Waals surface area contributed by atoms with Crippen LogP contribution in [-0.4, -0.2) is 46.8 Å². The Morgan fingerprint density at radius 3 is 2.33 bits per heavy atom. The van der Waals surface area contributed by atoms with E-state index in [1.807, 2.05) is 6.92 Å². The van der Waals surface area contributed by atoms with Gasteiger partial charge in [0.1, 0.15) is 0 Å². The Labute approximate surface area is 94.3 Å². The van der Waals surface area contributed by atoms with Gasteiger partial charge in [-0.3, -0.25) is 4.79 Å². The molecule has 0 rings (SSSR count). The van der Waals surface area contributed by atoms with Gasteiger partial charge in [-0.15, -0.1) is 0 Å². The van der Waals surface area contributed by atoms with Crippen LogP contribution >= 0.6 is 11.6 Å². The van der Waals surface area contributed by atoms with Crippen LogP contribution in [0.5, 0.6) is 0 Å². The summed E-state index contributed by atoms with van der Waals surface area (Å²) in [6, 6.07) is -1.19. The molecule has 7 N–H and O–H groups in total. The van der Waals surface area contributed by atoms with Crippen molar-refractivity contribution in [2.45, 2.75) is 31.6 Å². The van der Waals surface area contributed by atoms with Crippen molar-refractivity contribution in [1.29, 1.82) is 0 Å². The molecule has 0 heterocycles. The number of carbonyl (C=O) groups excluding carboxylic acids is 1. The second-order valence-corrected chi connectivity index (χ2v) is 3.61. The van der Waals surface area contributed by atoms with Crippen molar-refractivity contribution >= 4 is 17.0 Å². The molecule has 0 bridgehead atoms. The van der Waals surface area contributed by atoms with Crippen LogP contribution in [0.15, 0.2) is 0 Å². The molecule has 1 amide bonds. The number of amides is 1. The highest BCUT2D eigenvalue weighted by molar-refractivity contribution is 6.62. The Balaban J connectivity index is 4.77. The minimum Gasteiger partial charge on any atom is -0.395 e. The summed E-state index contributed by atoms with van der Waals surface area (Å²) in [5.41, 5.74) is 16.8. The first-order chi connectivity index (χ1) is 6.99. The molecule has 0 aliphatic carbocycles. The lowest BCUT2D eigenvalue weighted by Gasteiger charge is -2.36. The number of halogens is 1. The van der Waals surface area contributed by atoms with Crippen LogP contribution in [-0.2, 0) is 0 Å². The molecule has 0 aromatic heterocycles. The fraction of sp³-hybridized carbons (Fsp3) is 0.875. The van der Waals surface area contributed by atoms with Crippen molar-refractivity contribution in [3.8, 4) is 0 Å². The van der Waals surface area contributed by atoms with Gasteiger partial charge >= 0.3 is 5.37 Å². The van der Waals surface area contributed by atoms with Gasteiger partial charge in [0, 0.05) is 12.6 Å². The van der Waals surface area contributed by atoms with Gasteiger partial charge in [0.2, 0.25) is 0 Å². The highest BCUT2D eigenvalue weighted by Crippen LogP contribution is 2.11. The first-order valence-corrected chi connectivity index (χ1v) is 5.17. The molecule has 0 fully saturated rings. The van der Waals surface area contributed by atoms with E-state index in [0.717, 1.165) is 0 Å². The number of hydrogen-bond acceptors (Lipinski definition) is 5. The van der Waals surface area contributed by atoms with Crippen molar-refractivity contribution in [1.82, 2.24) is 4.90 Å². The van der Waals surface area contributed by atoms with Crippen molar-refractivity contribution < 1.29 is 9.90 Å². The van der Waals surface area contributed by atoms with Crippen LogP contribution in [0.25, 0.3) is 0 Å². The van der Waals surface area contributed by atoms with E-state index in [-0.39, 0.29) is 13.2 Å². The van der Waals surface area contributed by atoms with E-state index in [1.165, 1.54) is 4.90 Å². The molecule has 0 spiro atoms. The third-order valence-electron chi connectivity index (χ3n) is 2.28. The fourth-order valence-electron chi connectivity index (χ4n) is 1.32. The average molecular weight is 239 g/mol. The molecule has 0 aromatic carbocycles. The molecule has 6 nitrogen and oxygen atoms in total. The maximum absolute atomic E-state index is 11.2. The number of hydrogen-bond donors (Lipinski definition) is 4. The topological polar surface area (TPSA) is 119 Å². The normalized spacial score (nSPS) is 16.9. The van der Waals surface area contributed by atoms with Gasteiger partial charge < -0.3 is 27.2 Å². The Kier molecular flexibility index (Phi) is 6.78. The predicted molar refractivity (Wildman–Crippen MR) is 59.3 cm³/mol. The molecule has 7 heteroatoms. The van der Waals surface area contributed by atoms with E-state index in [9.17, 15) is 4.79 Å². The van der Waals surface area contributed by atoms with E-state index in [0.29, 0.717) is 6.42 Å². The first kappa shape index (κ1) is 14.6. The average Bonchev–Trinajstić information content (AvgIpc) is 2.22. The summed E-state index contributed by atoms with van der Waals surface area (Å²) in [5.74, 6) is 0. The minimum atomic E-state index is -0.705. The van der Waals surface area contributed by atoms with Gasteiger partial charge in [-0.25, -0.2) is 0 Å². The largest absolute Gasteiger partial charge is 0.395 e. The number of aliphatic hydroxyl groups excluding tert-OH is 1. The summed E-state index contributed by atoms with van der Waals surface area (Å²) in [4.78, 5) is 12.4. The summed E-state index contributed by atoms with van der Waals surface area (Å²) in [6.45, 7) is 1.64. The van der Waals surface area contributed by atoms with Gasteiger partial charge in [0.25, 0.3) is 0 Å². The molecule has 0 radical (unpaired) electrons. The zero-order chi connectivity index (χ0) is 12.0. The Bertz CT molecular complexity index is 205. The molecule has 0 aromatic rings. The molecule has 90 valence electrons. The highest BCUT2D eigenvalue weighted by Gasteiger charge is 2.29. The van der Waals surface area contributed by atoms with E-state index >= 15 is 0 Å². The van der Waals surface area contributed by atoms with Gasteiger partial charge in [-0.1, -0.05) is 6.92 Å². The SMILES string of the molecule is CC[C@H](N)N(C(=O)Cl)[C@H](CN)[C@@H](N)CO. The molecule has 0 unspecified atom stereocenters. The molecule has 15 heavy (non-hydrogen) atoms. The van der Waals surface area contributed by atoms with Crippen LogP contribution in [0.2, 0.25) is 0 Å². The zero-order valence-corrected chi connectivity index (χ0v) is 9.52. The molecule has 0 saturated heterocycles. The zero-order valence-electron chi connectivity index (χ0n) is 8.77. The molecular weight excluding hydrogens is 220 g/mol. The Morgan fingerprint density at radius 2 is 2.07 bits per heavy atom. The second-order valence-electron chi connectivity index (χ2n) is 3.29. The van der Waals surface area contributed by atoms with Crippen molar-refractivity contribution in [3.63, 3.8) is 0 Å². The summed E-state index contributed by atoms with van der Waals surface area (Å²) >= 11 is 5.41. The maximum atomic E-state index is 11.2. The molecular formula is C8H19ClN4O2. The summed E-state index contributed by atoms with van der Waals surface area (Å²) in [5, 5.41) is 8.21. The quantitative estimate of drug-likeness (QED) is 0.269. The van der Waals surface area contributed by atoms with E-state index in [2.05, 4.69) is 0 Å². The predicted octanol–water partition coefficient (Wildman–Crippen LogP) is -1.01. The monoisotopic (exact) mass is 238 g/mol. The van der Waals surface area contributed by atoms with Crippen molar-refractivity contribution in [2.75, 3.05) is 13.2 Å². The van der Waals surface area contributed by atoms with Gasteiger partial charge in [0.15, 0.2) is 0 Å². The second kappa shape index (κ2) is 6.97. The van der Waals surface area contributed by atoms with Crippen LogP contribution < -0.4 is 17.2 Å². The molecule has 0 saturated carbocycles. The standard InChI is InChI=1S/C8H19ClN4O2/c1-2-7(12)13(8(9)15)6(3-10)5(11)4-14/h5-7,14H,2-4,10-12H2,1H3/t5-,6+,7+/m0/s1. The van der Waals surface area contributed by atoms with Crippen LogP contribution in [0.1, 0.15) is 13.3 Å².